The van der Waals surface area contributed by atoms with Crippen molar-refractivity contribution >= 4 is 11.6 Å². The predicted molar refractivity (Wildman–Crippen MR) is 113 cm³/mol. The number of fused-ring (bicyclic) bond motifs is 1. The number of carbonyl (C=O) groups is 1. The summed E-state index contributed by atoms with van der Waals surface area (Å²) in [6.45, 7) is 4.06. The van der Waals surface area contributed by atoms with Crippen molar-refractivity contribution in [1.29, 1.82) is 0 Å². The Balaban J connectivity index is 1.57. The van der Waals surface area contributed by atoms with E-state index < -0.39 is 0 Å². The first-order valence-corrected chi connectivity index (χ1v) is 9.61. The summed E-state index contributed by atoms with van der Waals surface area (Å²) in [5.41, 5.74) is 3.81. The number of nitrogens with one attached hydrogen (secondary N) is 1. The number of aromatic nitrogens is 3. The number of hydrogen-bond acceptors (Lipinski definition) is 4. The fourth-order valence-electron chi connectivity index (χ4n) is 3.53. The topological polar surface area (TPSA) is 70.3 Å². The Labute approximate surface area is 173 Å². The number of amides is 1. The lowest BCUT2D eigenvalue weighted by molar-refractivity contribution is 0.102. The van der Waals surface area contributed by atoms with Gasteiger partial charge in [0.15, 0.2) is 17.3 Å². The van der Waals surface area contributed by atoms with Crippen LogP contribution in [-0.2, 0) is 0 Å². The zero-order valence-corrected chi connectivity index (χ0v) is 16.6. The number of benzene rings is 2. The summed E-state index contributed by atoms with van der Waals surface area (Å²) in [6, 6.07) is 17.2. The van der Waals surface area contributed by atoms with E-state index in [0.29, 0.717) is 34.3 Å². The van der Waals surface area contributed by atoms with Crippen molar-refractivity contribution < 1.29 is 14.3 Å². The molecule has 0 bridgehead atoms. The summed E-state index contributed by atoms with van der Waals surface area (Å²) in [5.74, 6) is 1.72. The van der Waals surface area contributed by atoms with Crippen molar-refractivity contribution in [1.82, 2.24) is 14.3 Å². The van der Waals surface area contributed by atoms with E-state index in [1.165, 1.54) is 0 Å². The first-order chi connectivity index (χ1) is 14.6. The molecule has 1 N–H and O–H groups in total. The molecule has 30 heavy (non-hydrogen) atoms. The molecule has 1 aliphatic heterocycles. The highest BCUT2D eigenvalue weighted by Gasteiger charge is 2.24. The minimum atomic E-state index is -0.242. The summed E-state index contributed by atoms with van der Waals surface area (Å²) in [7, 11) is 0. The zero-order chi connectivity index (χ0) is 20.7. The lowest BCUT2D eigenvalue weighted by atomic mass is 10.2. The molecule has 0 spiro atoms. The number of rotatable bonds is 4. The standard InChI is InChI=1S/C23H20N4O3/c1-15-5-8-18(9-6-15)27-23(26-11-3-4-12-26)21(16(2)25-27)22(28)24-17-7-10-19-20(13-17)30-14-29-19/h3-13H,14H2,1-2H3,(H,24,28). The molecule has 150 valence electrons. The third-order valence-electron chi connectivity index (χ3n) is 5.02. The molecule has 0 radical (unpaired) electrons. The fourth-order valence-corrected chi connectivity index (χ4v) is 3.53. The van der Waals surface area contributed by atoms with Crippen LogP contribution in [0.1, 0.15) is 21.6 Å². The molecule has 0 saturated heterocycles. The Kier molecular flexibility index (Phi) is 4.28. The highest BCUT2D eigenvalue weighted by atomic mass is 16.7. The molecule has 2 aromatic carbocycles. The molecule has 0 aliphatic carbocycles. The van der Waals surface area contributed by atoms with Crippen molar-refractivity contribution in [3.63, 3.8) is 0 Å². The van der Waals surface area contributed by atoms with E-state index >= 15 is 0 Å². The Morgan fingerprint density at radius 1 is 1.00 bits per heavy atom. The van der Waals surface area contributed by atoms with Gasteiger partial charge in [-0.1, -0.05) is 17.7 Å². The summed E-state index contributed by atoms with van der Waals surface area (Å²) < 4.78 is 14.4. The van der Waals surface area contributed by atoms with Gasteiger partial charge in [-0.25, -0.2) is 4.68 Å². The van der Waals surface area contributed by atoms with E-state index in [4.69, 9.17) is 9.47 Å². The highest BCUT2D eigenvalue weighted by molar-refractivity contribution is 6.07. The molecular formula is C23H20N4O3. The molecule has 0 atom stereocenters. The Hall–Kier alpha value is -4.00. The molecule has 1 amide bonds. The minimum Gasteiger partial charge on any atom is -0.454 e. The molecule has 7 nitrogen and oxygen atoms in total. The summed E-state index contributed by atoms with van der Waals surface area (Å²) in [5, 5.41) is 7.64. The van der Waals surface area contributed by atoms with Crippen LogP contribution in [0.4, 0.5) is 5.69 Å². The van der Waals surface area contributed by atoms with E-state index in [9.17, 15) is 4.79 Å². The number of nitrogens with zero attached hydrogens (tertiary/aromatic N) is 3. The molecule has 1 aliphatic rings. The average molecular weight is 400 g/mol. The smallest absolute Gasteiger partial charge is 0.261 e. The van der Waals surface area contributed by atoms with Crippen LogP contribution >= 0.6 is 0 Å². The van der Waals surface area contributed by atoms with Crippen molar-refractivity contribution in [3.8, 4) is 23.0 Å². The first kappa shape index (κ1) is 18.1. The zero-order valence-electron chi connectivity index (χ0n) is 16.6. The molecule has 0 fully saturated rings. The van der Waals surface area contributed by atoms with Gasteiger partial charge < -0.3 is 19.4 Å². The highest BCUT2D eigenvalue weighted by Crippen LogP contribution is 2.34. The number of anilines is 1. The van der Waals surface area contributed by atoms with E-state index in [1.807, 2.05) is 67.2 Å². The van der Waals surface area contributed by atoms with Gasteiger partial charge in [-0.05, 0) is 50.2 Å². The van der Waals surface area contributed by atoms with Gasteiger partial charge in [0.1, 0.15) is 5.56 Å². The average Bonchev–Trinajstić information content (AvgIpc) is 3.47. The molecule has 3 heterocycles. The van der Waals surface area contributed by atoms with Crippen LogP contribution in [0.15, 0.2) is 67.0 Å². The molecule has 7 heteroatoms. The second-order valence-corrected chi connectivity index (χ2v) is 7.14. The van der Waals surface area contributed by atoms with Gasteiger partial charge >= 0.3 is 0 Å². The number of ether oxygens (including phenoxy) is 2. The summed E-state index contributed by atoms with van der Waals surface area (Å²) in [4.78, 5) is 13.3. The van der Waals surface area contributed by atoms with Gasteiger partial charge in [-0.3, -0.25) is 4.79 Å². The quantitative estimate of drug-likeness (QED) is 0.556. The monoisotopic (exact) mass is 400 g/mol. The second kappa shape index (κ2) is 7.11. The first-order valence-electron chi connectivity index (χ1n) is 9.61. The molecular weight excluding hydrogens is 380 g/mol. The van der Waals surface area contributed by atoms with E-state index in [1.54, 1.807) is 22.9 Å². The van der Waals surface area contributed by atoms with Gasteiger partial charge in [0.2, 0.25) is 6.79 Å². The number of carbonyl (C=O) groups excluding carboxylic acids is 1. The van der Waals surface area contributed by atoms with E-state index in [0.717, 1.165) is 11.3 Å². The SMILES string of the molecule is Cc1ccc(-n2nc(C)c(C(=O)Nc3ccc4c(c3)OCO4)c2-n2cccc2)cc1. The maximum absolute atomic E-state index is 13.3. The van der Waals surface area contributed by atoms with Crippen molar-refractivity contribution in [2.75, 3.05) is 12.1 Å². The normalized spacial score (nSPS) is 12.2. The van der Waals surface area contributed by atoms with Crippen LogP contribution in [0.3, 0.4) is 0 Å². The summed E-state index contributed by atoms with van der Waals surface area (Å²) >= 11 is 0. The van der Waals surface area contributed by atoms with Gasteiger partial charge in [-0.2, -0.15) is 5.10 Å². The van der Waals surface area contributed by atoms with Crippen molar-refractivity contribution in [2.24, 2.45) is 0 Å². The summed E-state index contributed by atoms with van der Waals surface area (Å²) in [6.07, 6.45) is 3.80. The Morgan fingerprint density at radius 3 is 2.50 bits per heavy atom. The van der Waals surface area contributed by atoms with Gasteiger partial charge in [0, 0.05) is 24.1 Å². The van der Waals surface area contributed by atoms with Crippen LogP contribution < -0.4 is 14.8 Å². The second-order valence-electron chi connectivity index (χ2n) is 7.14. The van der Waals surface area contributed by atoms with Crippen LogP contribution in [-0.4, -0.2) is 27.0 Å². The number of hydrogen-bond donors (Lipinski definition) is 1. The van der Waals surface area contributed by atoms with E-state index in [-0.39, 0.29) is 12.7 Å². The van der Waals surface area contributed by atoms with Crippen LogP contribution in [0.5, 0.6) is 11.5 Å². The van der Waals surface area contributed by atoms with Crippen molar-refractivity contribution in [2.45, 2.75) is 13.8 Å². The fraction of sp³-hybridized carbons (Fsp3) is 0.130. The number of aryl methyl sites for hydroxylation is 2. The van der Waals surface area contributed by atoms with Gasteiger partial charge in [0.25, 0.3) is 5.91 Å². The van der Waals surface area contributed by atoms with Gasteiger partial charge in [-0.15, -0.1) is 0 Å². The van der Waals surface area contributed by atoms with Crippen LogP contribution in [0.2, 0.25) is 0 Å². The third kappa shape index (κ3) is 3.10. The molecule has 4 aromatic rings. The lowest BCUT2D eigenvalue weighted by Crippen LogP contribution is -2.16. The largest absolute Gasteiger partial charge is 0.454 e. The third-order valence-corrected chi connectivity index (χ3v) is 5.02. The molecule has 0 saturated carbocycles. The van der Waals surface area contributed by atoms with Crippen molar-refractivity contribution in [3.05, 3.63) is 83.8 Å². The predicted octanol–water partition coefficient (Wildman–Crippen LogP) is 4.26. The Morgan fingerprint density at radius 2 is 1.73 bits per heavy atom. The lowest BCUT2D eigenvalue weighted by Gasteiger charge is -2.12. The van der Waals surface area contributed by atoms with Crippen LogP contribution in [0.25, 0.3) is 11.5 Å². The maximum atomic E-state index is 13.3. The molecule has 2 aromatic heterocycles. The van der Waals surface area contributed by atoms with Crippen LogP contribution in [0, 0.1) is 13.8 Å². The van der Waals surface area contributed by atoms with E-state index in [2.05, 4.69) is 10.4 Å². The molecule has 0 unspecified atom stereocenters. The minimum absolute atomic E-state index is 0.187. The van der Waals surface area contributed by atoms with Gasteiger partial charge in [0.05, 0.1) is 11.4 Å². The Bertz CT molecular complexity index is 1220. The molecule has 5 rings (SSSR count). The maximum Gasteiger partial charge on any atom is 0.261 e.